The van der Waals surface area contributed by atoms with Crippen molar-refractivity contribution in [1.29, 1.82) is 0 Å². The standard InChI is InChI=1S/C37H50N4O6/c1-6-7-8-9-10-13-23-41(35(45)30(21-22-31(38)42)40-36(46)47-37(3,4)5)32(29-18-14-15-25(2)33(29)43)34(44)39-28-20-19-26-16-11-12-17-27(26)24-28/h11-12,14-20,24,30,32,43H,6-10,13,21-23H2,1-5H3,(H2,38,42)(H,39,44)(H,40,46). The summed E-state index contributed by atoms with van der Waals surface area (Å²) in [5.74, 6) is -1.88. The zero-order valence-electron chi connectivity index (χ0n) is 28.3. The van der Waals surface area contributed by atoms with E-state index in [9.17, 15) is 24.3 Å². The Morgan fingerprint density at radius 3 is 2.28 bits per heavy atom. The highest BCUT2D eigenvalue weighted by molar-refractivity contribution is 6.01. The van der Waals surface area contributed by atoms with Crippen LogP contribution in [-0.2, 0) is 19.1 Å². The number of benzene rings is 3. The number of nitrogens with two attached hydrogens (primary N) is 1. The number of ether oxygens (including phenoxy) is 1. The molecule has 0 fully saturated rings. The molecule has 0 aromatic heterocycles. The molecule has 10 nitrogen and oxygen atoms in total. The summed E-state index contributed by atoms with van der Waals surface area (Å²) in [7, 11) is 0. The smallest absolute Gasteiger partial charge is 0.408 e. The Balaban J connectivity index is 2.07. The van der Waals surface area contributed by atoms with E-state index < -0.39 is 41.5 Å². The molecule has 2 atom stereocenters. The summed E-state index contributed by atoms with van der Waals surface area (Å²) in [6.45, 7) is 9.12. The SMILES string of the molecule is CCCCCCCCN(C(=O)C(CCC(N)=O)NC(=O)OC(C)(C)C)C(C(=O)Nc1ccc2ccccc2c1)c1cccc(C)c1O. The number of primary amides is 1. The Hall–Kier alpha value is -4.60. The monoisotopic (exact) mass is 646 g/mol. The summed E-state index contributed by atoms with van der Waals surface area (Å²) in [5, 5.41) is 18.7. The van der Waals surface area contributed by atoms with Gasteiger partial charge in [0, 0.05) is 24.2 Å². The number of nitrogens with zero attached hydrogens (tertiary/aromatic N) is 1. The molecule has 0 aliphatic rings. The maximum Gasteiger partial charge on any atom is 0.408 e. The van der Waals surface area contributed by atoms with Crippen LogP contribution in [0.2, 0.25) is 0 Å². The number of rotatable bonds is 16. The van der Waals surface area contributed by atoms with Gasteiger partial charge < -0.3 is 31.1 Å². The van der Waals surface area contributed by atoms with Crippen molar-refractivity contribution in [2.24, 2.45) is 5.73 Å². The lowest BCUT2D eigenvalue weighted by Gasteiger charge is -2.35. The van der Waals surface area contributed by atoms with Crippen molar-refractivity contribution in [2.45, 2.75) is 104 Å². The van der Waals surface area contributed by atoms with Gasteiger partial charge in [0.1, 0.15) is 23.4 Å². The number of fused-ring (bicyclic) bond motifs is 1. The maximum absolute atomic E-state index is 14.5. The summed E-state index contributed by atoms with van der Waals surface area (Å²) in [6, 6.07) is 15.9. The van der Waals surface area contributed by atoms with Gasteiger partial charge in [-0.1, -0.05) is 87.6 Å². The number of phenolic OH excluding ortho intramolecular Hbond substituents is 1. The fourth-order valence-corrected chi connectivity index (χ4v) is 5.45. The highest BCUT2D eigenvalue weighted by Crippen LogP contribution is 2.34. The number of hydrogen-bond acceptors (Lipinski definition) is 6. The van der Waals surface area contributed by atoms with E-state index in [0.29, 0.717) is 17.7 Å². The Morgan fingerprint density at radius 1 is 0.915 bits per heavy atom. The molecule has 2 unspecified atom stereocenters. The Morgan fingerprint density at radius 2 is 1.60 bits per heavy atom. The number of nitrogens with one attached hydrogen (secondary N) is 2. The molecule has 47 heavy (non-hydrogen) atoms. The van der Waals surface area contributed by atoms with Gasteiger partial charge in [0.25, 0.3) is 5.91 Å². The number of hydrogen-bond donors (Lipinski definition) is 4. The summed E-state index contributed by atoms with van der Waals surface area (Å²) in [5.41, 5.74) is 5.91. The largest absolute Gasteiger partial charge is 0.507 e. The third-order valence-corrected chi connectivity index (χ3v) is 7.84. The first-order chi connectivity index (χ1) is 22.3. The molecule has 254 valence electrons. The lowest BCUT2D eigenvalue weighted by atomic mass is 9.98. The van der Waals surface area contributed by atoms with Gasteiger partial charge in [-0.25, -0.2) is 4.79 Å². The summed E-state index contributed by atoms with van der Waals surface area (Å²) >= 11 is 0. The Kier molecular flexibility index (Phi) is 13.6. The van der Waals surface area contributed by atoms with E-state index in [0.717, 1.165) is 42.9 Å². The third-order valence-electron chi connectivity index (χ3n) is 7.84. The average molecular weight is 647 g/mol. The fraction of sp³-hybridized carbons (Fsp3) is 0.459. The Bertz CT molecular complexity index is 1530. The molecule has 4 amide bonds. The molecule has 0 aliphatic heterocycles. The van der Waals surface area contributed by atoms with Crippen molar-refractivity contribution in [3.05, 3.63) is 71.8 Å². The number of unbranched alkanes of at least 4 members (excludes halogenated alkanes) is 5. The molecule has 0 heterocycles. The van der Waals surface area contributed by atoms with Crippen molar-refractivity contribution in [3.8, 4) is 5.75 Å². The summed E-state index contributed by atoms with van der Waals surface area (Å²) in [4.78, 5) is 54.9. The maximum atomic E-state index is 14.5. The van der Waals surface area contributed by atoms with Gasteiger partial charge in [-0.3, -0.25) is 14.4 Å². The second kappa shape index (κ2) is 17.4. The zero-order valence-corrected chi connectivity index (χ0v) is 28.3. The van der Waals surface area contributed by atoms with Crippen LogP contribution in [-0.4, -0.2) is 52.0 Å². The van der Waals surface area contributed by atoms with Gasteiger partial charge >= 0.3 is 6.09 Å². The van der Waals surface area contributed by atoms with Crippen molar-refractivity contribution in [3.63, 3.8) is 0 Å². The number of para-hydroxylation sites is 1. The number of carbonyl (C=O) groups excluding carboxylic acids is 4. The minimum atomic E-state index is -1.26. The minimum Gasteiger partial charge on any atom is -0.507 e. The first-order valence-electron chi connectivity index (χ1n) is 16.5. The molecule has 3 aromatic carbocycles. The third kappa shape index (κ3) is 11.3. The number of carbonyl (C=O) groups is 4. The topological polar surface area (TPSA) is 151 Å². The molecule has 0 radical (unpaired) electrons. The van der Waals surface area contributed by atoms with E-state index >= 15 is 0 Å². The molecular weight excluding hydrogens is 596 g/mol. The molecule has 10 heteroatoms. The minimum absolute atomic E-state index is 0.0980. The predicted octanol–water partition coefficient (Wildman–Crippen LogP) is 6.88. The van der Waals surface area contributed by atoms with Crippen molar-refractivity contribution in [2.75, 3.05) is 11.9 Å². The molecule has 3 aromatic rings. The number of alkyl carbamates (subject to hydrolysis) is 1. The Labute approximate surface area is 278 Å². The number of aryl methyl sites for hydroxylation is 1. The molecule has 0 spiro atoms. The highest BCUT2D eigenvalue weighted by Gasteiger charge is 2.37. The van der Waals surface area contributed by atoms with Crippen LogP contribution in [0.1, 0.15) is 96.2 Å². The molecule has 0 bridgehead atoms. The number of anilines is 1. The second-order valence-corrected chi connectivity index (χ2v) is 13.0. The number of amides is 4. The van der Waals surface area contributed by atoms with E-state index in [1.54, 1.807) is 52.0 Å². The van der Waals surface area contributed by atoms with Crippen LogP contribution in [0.3, 0.4) is 0 Å². The van der Waals surface area contributed by atoms with Crippen molar-refractivity contribution in [1.82, 2.24) is 10.2 Å². The molecule has 5 N–H and O–H groups in total. The lowest BCUT2D eigenvalue weighted by Crippen LogP contribution is -2.52. The van der Waals surface area contributed by atoms with E-state index in [-0.39, 0.29) is 30.7 Å². The fourth-order valence-electron chi connectivity index (χ4n) is 5.45. The van der Waals surface area contributed by atoms with Crippen LogP contribution >= 0.6 is 0 Å². The number of aromatic hydroxyl groups is 1. The van der Waals surface area contributed by atoms with E-state index in [1.807, 2.05) is 36.4 Å². The van der Waals surface area contributed by atoms with Crippen LogP contribution < -0.4 is 16.4 Å². The van der Waals surface area contributed by atoms with Crippen molar-refractivity contribution >= 4 is 40.3 Å². The van der Waals surface area contributed by atoms with E-state index in [1.165, 1.54) is 4.90 Å². The predicted molar refractivity (Wildman–Crippen MR) is 185 cm³/mol. The molecule has 0 saturated heterocycles. The van der Waals surface area contributed by atoms with Gasteiger partial charge in [-0.15, -0.1) is 0 Å². The quantitative estimate of drug-likeness (QED) is 0.125. The van der Waals surface area contributed by atoms with Gasteiger partial charge in [0.05, 0.1) is 0 Å². The lowest BCUT2D eigenvalue weighted by molar-refractivity contribution is -0.141. The molecule has 0 aliphatic carbocycles. The summed E-state index contributed by atoms with van der Waals surface area (Å²) < 4.78 is 5.43. The first-order valence-corrected chi connectivity index (χ1v) is 16.5. The normalized spacial score (nSPS) is 12.6. The summed E-state index contributed by atoms with van der Waals surface area (Å²) in [6.07, 6.45) is 4.48. The van der Waals surface area contributed by atoms with Crippen molar-refractivity contribution < 1.29 is 29.0 Å². The molecule has 0 saturated carbocycles. The zero-order chi connectivity index (χ0) is 34.6. The van der Waals surface area contributed by atoms with Crippen LogP contribution in [0.15, 0.2) is 60.7 Å². The van der Waals surface area contributed by atoms with E-state index in [4.69, 9.17) is 10.5 Å². The van der Waals surface area contributed by atoms with Crippen LogP contribution in [0.5, 0.6) is 5.75 Å². The van der Waals surface area contributed by atoms with Gasteiger partial charge in [-0.2, -0.15) is 0 Å². The molecular formula is C37H50N4O6. The van der Waals surface area contributed by atoms with Gasteiger partial charge in [0.15, 0.2) is 0 Å². The van der Waals surface area contributed by atoms with Crippen LogP contribution in [0.25, 0.3) is 10.8 Å². The second-order valence-electron chi connectivity index (χ2n) is 13.0. The van der Waals surface area contributed by atoms with Gasteiger partial charge in [0.2, 0.25) is 11.8 Å². The first kappa shape index (κ1) is 36.9. The highest BCUT2D eigenvalue weighted by atomic mass is 16.6. The average Bonchev–Trinajstić information content (AvgIpc) is 3.00. The molecule has 3 rings (SSSR count). The van der Waals surface area contributed by atoms with Gasteiger partial charge in [-0.05, 0) is 69.0 Å². The van der Waals surface area contributed by atoms with Crippen LogP contribution in [0, 0.1) is 6.92 Å². The van der Waals surface area contributed by atoms with E-state index in [2.05, 4.69) is 17.6 Å². The van der Waals surface area contributed by atoms with Crippen LogP contribution in [0.4, 0.5) is 10.5 Å². The number of phenols is 1.